The molecule has 6 aromatic heterocycles. The van der Waals surface area contributed by atoms with Crippen LogP contribution in [0.15, 0.2) is 67.5 Å². The van der Waals surface area contributed by atoms with Crippen molar-refractivity contribution in [3.05, 3.63) is 67.5 Å². The topological polar surface area (TPSA) is 150 Å². The lowest BCUT2D eigenvalue weighted by Gasteiger charge is -2.21. The molecule has 1 saturated heterocycles. The molecule has 7 heterocycles. The van der Waals surface area contributed by atoms with Gasteiger partial charge in [-0.05, 0) is 67.7 Å². The third kappa shape index (κ3) is 4.67. The minimum atomic E-state index is 0.0110. The number of nitrogens with one attached hydrogen (secondary N) is 4. The lowest BCUT2D eigenvalue weighted by molar-refractivity contribution is -0.117. The zero-order valence-electron chi connectivity index (χ0n) is 21.6. The van der Waals surface area contributed by atoms with Gasteiger partial charge in [0.2, 0.25) is 5.91 Å². The predicted octanol–water partition coefficient (Wildman–Crippen LogP) is 4.35. The first kappa shape index (κ1) is 24.0. The molecule has 0 saturated carbocycles. The second kappa shape index (κ2) is 10.3. The maximum absolute atomic E-state index is 12.7. The molecule has 1 fully saturated rings. The van der Waals surface area contributed by atoms with E-state index in [1.54, 1.807) is 37.2 Å². The van der Waals surface area contributed by atoms with Crippen molar-refractivity contribution in [2.45, 2.75) is 19.3 Å². The molecule has 198 valence electrons. The Morgan fingerprint density at radius 3 is 2.60 bits per heavy atom. The first-order valence-corrected chi connectivity index (χ1v) is 13.3. The van der Waals surface area contributed by atoms with E-state index >= 15 is 0 Å². The van der Waals surface area contributed by atoms with E-state index in [4.69, 9.17) is 9.97 Å². The minimum Gasteiger partial charge on any atom is -0.335 e. The number of piperidine rings is 1. The Hall–Kier alpha value is -5.03. The molecule has 0 atom stereocenters. The number of imidazole rings is 1. The number of carbonyl (C=O) groups is 1. The summed E-state index contributed by atoms with van der Waals surface area (Å²) in [6.07, 6.45) is 13.0. The number of aromatic nitrogens is 8. The van der Waals surface area contributed by atoms with Crippen LogP contribution >= 0.6 is 0 Å². The Morgan fingerprint density at radius 1 is 0.875 bits per heavy atom. The van der Waals surface area contributed by atoms with Gasteiger partial charge in [0.05, 0.1) is 40.3 Å². The molecule has 0 aliphatic carbocycles. The van der Waals surface area contributed by atoms with Gasteiger partial charge in [-0.15, -0.1) is 0 Å². The van der Waals surface area contributed by atoms with Crippen molar-refractivity contribution in [3.63, 3.8) is 0 Å². The van der Waals surface area contributed by atoms with Gasteiger partial charge in [0.25, 0.3) is 0 Å². The second-order valence-electron chi connectivity index (χ2n) is 9.98. The van der Waals surface area contributed by atoms with Gasteiger partial charge in [0.1, 0.15) is 5.52 Å². The lowest BCUT2D eigenvalue weighted by atomic mass is 9.94. The monoisotopic (exact) mass is 530 g/mol. The minimum absolute atomic E-state index is 0.0110. The van der Waals surface area contributed by atoms with Crippen LogP contribution in [-0.2, 0) is 4.79 Å². The van der Waals surface area contributed by atoms with E-state index < -0.39 is 0 Å². The molecule has 0 radical (unpaired) electrons. The number of carbonyl (C=O) groups excluding carboxylic acids is 1. The van der Waals surface area contributed by atoms with Crippen LogP contribution in [0.4, 0.5) is 5.69 Å². The van der Waals surface area contributed by atoms with Crippen molar-refractivity contribution >= 4 is 33.7 Å². The number of pyridine rings is 4. The third-order valence-electron chi connectivity index (χ3n) is 7.27. The van der Waals surface area contributed by atoms with Crippen LogP contribution in [0.2, 0.25) is 0 Å². The third-order valence-corrected chi connectivity index (χ3v) is 7.27. The molecule has 1 amide bonds. The molecule has 0 bridgehead atoms. The molecule has 0 spiro atoms. The van der Waals surface area contributed by atoms with Crippen molar-refractivity contribution < 1.29 is 4.79 Å². The summed E-state index contributed by atoms with van der Waals surface area (Å²) < 4.78 is 0. The van der Waals surface area contributed by atoms with Crippen LogP contribution in [0, 0.1) is 5.92 Å². The van der Waals surface area contributed by atoms with Crippen molar-refractivity contribution in [1.29, 1.82) is 0 Å². The fourth-order valence-corrected chi connectivity index (χ4v) is 5.22. The van der Waals surface area contributed by atoms with Crippen LogP contribution in [0.1, 0.15) is 19.3 Å². The Labute approximate surface area is 228 Å². The van der Waals surface area contributed by atoms with E-state index in [2.05, 4.69) is 40.8 Å². The summed E-state index contributed by atoms with van der Waals surface area (Å²) >= 11 is 0. The van der Waals surface area contributed by atoms with Crippen molar-refractivity contribution in [3.8, 4) is 33.9 Å². The molecule has 0 unspecified atom stereocenters. The average molecular weight is 531 g/mol. The predicted molar refractivity (Wildman–Crippen MR) is 152 cm³/mol. The molecule has 6 aromatic rings. The van der Waals surface area contributed by atoms with Crippen molar-refractivity contribution in [2.75, 3.05) is 18.4 Å². The highest BCUT2D eigenvalue weighted by atomic mass is 16.1. The van der Waals surface area contributed by atoms with Gasteiger partial charge >= 0.3 is 0 Å². The van der Waals surface area contributed by atoms with Gasteiger partial charge in [-0.1, -0.05) is 0 Å². The standard InChI is InChI=1S/C29H26N10O/c40-25(11-17-3-7-30-8-4-17)34-20-12-19(13-32-14-20)22-1-2-23-27(35-22)28(39-38-23)29-36-24-16-33-15-21(26(24)37-29)18-5-9-31-10-6-18/h1-2,5-6,9-10,12-17,30H,3-4,7-8,11H2,(H,34,40)(H,36,37)(H,38,39). The molecule has 1 aliphatic rings. The van der Waals surface area contributed by atoms with E-state index in [1.807, 2.05) is 30.3 Å². The molecule has 11 heteroatoms. The van der Waals surface area contributed by atoms with Crippen LogP contribution < -0.4 is 10.6 Å². The normalized spacial score (nSPS) is 14.1. The van der Waals surface area contributed by atoms with Gasteiger partial charge in [-0.3, -0.25) is 24.8 Å². The number of hydrogen-bond donors (Lipinski definition) is 4. The Balaban J connectivity index is 1.19. The molecule has 0 aromatic carbocycles. The first-order valence-electron chi connectivity index (χ1n) is 13.3. The highest BCUT2D eigenvalue weighted by Gasteiger charge is 2.19. The quantitative estimate of drug-likeness (QED) is 0.248. The average Bonchev–Trinajstić information content (AvgIpc) is 3.62. The van der Waals surface area contributed by atoms with Gasteiger partial charge in [-0.2, -0.15) is 5.10 Å². The highest BCUT2D eigenvalue weighted by molar-refractivity contribution is 5.96. The highest BCUT2D eigenvalue weighted by Crippen LogP contribution is 2.31. The molecule has 40 heavy (non-hydrogen) atoms. The summed E-state index contributed by atoms with van der Waals surface area (Å²) in [6.45, 7) is 1.94. The zero-order valence-corrected chi connectivity index (χ0v) is 21.6. The fourth-order valence-electron chi connectivity index (χ4n) is 5.22. The first-order chi connectivity index (χ1) is 19.7. The molecule has 4 N–H and O–H groups in total. The molecule has 11 nitrogen and oxygen atoms in total. The molecular formula is C29H26N10O. The second-order valence-corrected chi connectivity index (χ2v) is 9.98. The maximum atomic E-state index is 12.7. The van der Waals surface area contributed by atoms with E-state index in [1.165, 1.54) is 0 Å². The van der Waals surface area contributed by atoms with E-state index in [0.717, 1.165) is 59.2 Å². The van der Waals surface area contributed by atoms with Crippen molar-refractivity contribution in [1.82, 2.24) is 45.4 Å². The number of hydrogen-bond acceptors (Lipinski definition) is 8. The van der Waals surface area contributed by atoms with E-state index in [-0.39, 0.29) is 5.91 Å². The molecular weight excluding hydrogens is 504 g/mol. The summed E-state index contributed by atoms with van der Waals surface area (Å²) in [5.74, 6) is 1.01. The summed E-state index contributed by atoms with van der Waals surface area (Å²) in [5.41, 5.74) is 7.70. The van der Waals surface area contributed by atoms with Gasteiger partial charge in [0.15, 0.2) is 11.5 Å². The Morgan fingerprint density at radius 2 is 1.73 bits per heavy atom. The number of aromatic amines is 2. The van der Waals surface area contributed by atoms with Gasteiger partial charge in [-0.25, -0.2) is 9.97 Å². The molecule has 1 aliphatic heterocycles. The van der Waals surface area contributed by atoms with Gasteiger partial charge in [0, 0.05) is 42.3 Å². The summed E-state index contributed by atoms with van der Waals surface area (Å²) in [7, 11) is 0. The summed E-state index contributed by atoms with van der Waals surface area (Å²) in [5, 5.41) is 13.9. The van der Waals surface area contributed by atoms with Crippen LogP contribution in [0.25, 0.3) is 56.0 Å². The Bertz CT molecular complexity index is 1820. The number of fused-ring (bicyclic) bond motifs is 2. The SMILES string of the molecule is O=C(CC1CCNCC1)Nc1cncc(-c2ccc3[nH]nc(-c4nc5c(-c6ccncc6)cncc5[nH]4)c3n2)c1. The number of nitrogens with zero attached hydrogens (tertiary/aromatic N) is 6. The lowest BCUT2D eigenvalue weighted by Crippen LogP contribution is -2.30. The van der Waals surface area contributed by atoms with Crippen LogP contribution in [0.3, 0.4) is 0 Å². The van der Waals surface area contributed by atoms with E-state index in [0.29, 0.717) is 40.8 Å². The number of rotatable bonds is 6. The van der Waals surface area contributed by atoms with Crippen molar-refractivity contribution in [2.24, 2.45) is 5.92 Å². The van der Waals surface area contributed by atoms with Crippen LogP contribution in [-0.4, -0.2) is 59.1 Å². The maximum Gasteiger partial charge on any atom is 0.224 e. The molecule has 7 rings (SSSR count). The Kier molecular flexibility index (Phi) is 6.17. The number of anilines is 1. The largest absolute Gasteiger partial charge is 0.335 e. The summed E-state index contributed by atoms with van der Waals surface area (Å²) in [6, 6.07) is 9.60. The van der Waals surface area contributed by atoms with Crippen LogP contribution in [0.5, 0.6) is 0 Å². The smallest absolute Gasteiger partial charge is 0.224 e. The van der Waals surface area contributed by atoms with E-state index in [9.17, 15) is 4.79 Å². The zero-order chi connectivity index (χ0) is 26.9. The summed E-state index contributed by atoms with van der Waals surface area (Å²) in [4.78, 5) is 38.6. The van der Waals surface area contributed by atoms with Gasteiger partial charge < -0.3 is 15.6 Å². The fraction of sp³-hybridized carbons (Fsp3) is 0.207. The number of H-pyrrole nitrogens is 2. The number of amides is 1.